The maximum Gasteiger partial charge on any atom is 0.0736 e. The first-order valence-corrected chi connectivity index (χ1v) is 3.38. The van der Waals surface area contributed by atoms with Gasteiger partial charge in [-0.15, -0.1) is 0 Å². The van der Waals surface area contributed by atoms with Crippen LogP contribution >= 0.6 is 15.9 Å². The van der Waals surface area contributed by atoms with Gasteiger partial charge in [-0.3, -0.25) is 0 Å². The van der Waals surface area contributed by atoms with Gasteiger partial charge in [0.05, 0.1) is 5.69 Å². The molecular weight excluding hydrogens is 168 g/mol. The second-order valence-electron chi connectivity index (χ2n) is 1.35. The zero-order valence-electron chi connectivity index (χ0n) is 4.21. The summed E-state index contributed by atoms with van der Waals surface area (Å²) in [4.78, 5) is 0. The van der Waals surface area contributed by atoms with Gasteiger partial charge in [0.1, 0.15) is 0 Å². The Balaban J connectivity index is 2.83. The molecule has 0 fully saturated rings. The van der Waals surface area contributed by atoms with Crippen molar-refractivity contribution in [1.29, 1.82) is 0 Å². The van der Waals surface area contributed by atoms with Crippen LogP contribution in [0.3, 0.4) is 0 Å². The molecule has 0 aliphatic rings. The molecular formula is C5H5BrN2. The number of nitrogens with zero attached hydrogens (tertiary/aromatic N) is 2. The van der Waals surface area contributed by atoms with Gasteiger partial charge in [-0.25, -0.2) is 0 Å². The van der Waals surface area contributed by atoms with Gasteiger partial charge in [0.2, 0.25) is 0 Å². The first-order valence-electron chi connectivity index (χ1n) is 2.26. The molecule has 0 unspecified atom stereocenters. The van der Waals surface area contributed by atoms with Crippen LogP contribution in [0.4, 0.5) is 0 Å². The lowest BCUT2D eigenvalue weighted by Crippen LogP contribution is -1.84. The Morgan fingerprint density at radius 1 is 1.62 bits per heavy atom. The van der Waals surface area contributed by atoms with Crippen molar-refractivity contribution in [2.75, 3.05) is 0 Å². The van der Waals surface area contributed by atoms with E-state index in [1.807, 2.05) is 12.1 Å². The zero-order chi connectivity index (χ0) is 5.82. The van der Waals surface area contributed by atoms with E-state index in [0.29, 0.717) is 0 Å². The minimum absolute atomic E-state index is 0.779. The fourth-order valence-corrected chi connectivity index (χ4v) is 0.704. The normalized spacial score (nSPS) is 9.12. The molecule has 0 N–H and O–H groups in total. The summed E-state index contributed by atoms with van der Waals surface area (Å²) in [5.74, 6) is 0. The van der Waals surface area contributed by atoms with Crippen LogP contribution < -0.4 is 0 Å². The van der Waals surface area contributed by atoms with Crippen molar-refractivity contribution in [2.45, 2.75) is 5.33 Å². The Morgan fingerprint density at radius 2 is 2.50 bits per heavy atom. The van der Waals surface area contributed by atoms with Gasteiger partial charge < -0.3 is 0 Å². The third-order valence-electron chi connectivity index (χ3n) is 0.764. The molecule has 8 heavy (non-hydrogen) atoms. The summed E-state index contributed by atoms with van der Waals surface area (Å²) in [6, 6.07) is 3.78. The average Bonchev–Trinajstić information content (AvgIpc) is 1.90. The lowest BCUT2D eigenvalue weighted by Gasteiger charge is -1.86. The molecule has 0 spiro atoms. The average molecular weight is 173 g/mol. The van der Waals surface area contributed by atoms with E-state index < -0.39 is 0 Å². The highest BCUT2D eigenvalue weighted by molar-refractivity contribution is 9.08. The van der Waals surface area contributed by atoms with Crippen LogP contribution in [0.5, 0.6) is 0 Å². The quantitative estimate of drug-likeness (QED) is 0.599. The predicted octanol–water partition coefficient (Wildman–Crippen LogP) is 1.37. The maximum absolute atomic E-state index is 3.80. The fraction of sp³-hybridized carbons (Fsp3) is 0.200. The van der Waals surface area contributed by atoms with Crippen LogP contribution in [0.2, 0.25) is 0 Å². The number of hydrogen-bond acceptors (Lipinski definition) is 2. The lowest BCUT2D eigenvalue weighted by molar-refractivity contribution is 0.974. The first kappa shape index (κ1) is 5.69. The van der Waals surface area contributed by atoms with E-state index >= 15 is 0 Å². The summed E-state index contributed by atoms with van der Waals surface area (Å²) in [5, 5.41) is 8.25. The molecule has 0 aromatic carbocycles. The van der Waals surface area contributed by atoms with E-state index in [9.17, 15) is 0 Å². The highest BCUT2D eigenvalue weighted by Gasteiger charge is 1.84. The molecule has 0 atom stereocenters. The molecule has 1 aromatic heterocycles. The standard InChI is InChI=1S/C5H5BrN2/c6-4-5-2-1-3-7-8-5/h1-3H,4H2. The Morgan fingerprint density at radius 3 is 2.88 bits per heavy atom. The van der Waals surface area contributed by atoms with Gasteiger partial charge in [0.25, 0.3) is 0 Å². The summed E-state index contributed by atoms with van der Waals surface area (Å²) >= 11 is 3.25. The second-order valence-corrected chi connectivity index (χ2v) is 1.91. The Bertz CT molecular complexity index is 152. The molecule has 0 amide bonds. The first-order chi connectivity index (χ1) is 3.93. The monoisotopic (exact) mass is 172 g/mol. The molecule has 3 heteroatoms. The van der Waals surface area contributed by atoms with Crippen LogP contribution in [0.15, 0.2) is 18.3 Å². The largest absolute Gasteiger partial charge is 0.159 e. The van der Waals surface area contributed by atoms with Gasteiger partial charge in [-0.05, 0) is 12.1 Å². The molecule has 0 saturated carbocycles. The molecule has 2 nitrogen and oxygen atoms in total. The summed E-state index contributed by atoms with van der Waals surface area (Å²) in [7, 11) is 0. The minimum atomic E-state index is 0.779. The van der Waals surface area contributed by atoms with Crippen LogP contribution in [0.1, 0.15) is 5.69 Å². The van der Waals surface area contributed by atoms with Crippen molar-refractivity contribution < 1.29 is 0 Å². The van der Waals surface area contributed by atoms with E-state index in [1.54, 1.807) is 6.20 Å². The minimum Gasteiger partial charge on any atom is -0.159 e. The highest BCUT2D eigenvalue weighted by Crippen LogP contribution is 1.96. The SMILES string of the molecule is BrCc1cccnn1. The van der Waals surface area contributed by atoms with Crippen LogP contribution in [-0.4, -0.2) is 10.2 Å². The Labute approximate surface area is 56.1 Å². The molecule has 0 radical (unpaired) electrons. The lowest BCUT2D eigenvalue weighted by atomic mass is 10.4. The number of aromatic nitrogens is 2. The van der Waals surface area contributed by atoms with Gasteiger partial charge in [0.15, 0.2) is 0 Å². The van der Waals surface area contributed by atoms with Gasteiger partial charge in [0, 0.05) is 11.5 Å². The van der Waals surface area contributed by atoms with Crippen molar-refractivity contribution in [3.05, 3.63) is 24.0 Å². The van der Waals surface area contributed by atoms with Crippen LogP contribution in [0.25, 0.3) is 0 Å². The van der Waals surface area contributed by atoms with Gasteiger partial charge in [-0.2, -0.15) is 10.2 Å². The molecule has 1 aromatic rings. The van der Waals surface area contributed by atoms with E-state index in [-0.39, 0.29) is 0 Å². The number of alkyl halides is 1. The van der Waals surface area contributed by atoms with E-state index in [0.717, 1.165) is 11.0 Å². The summed E-state index contributed by atoms with van der Waals surface area (Å²) in [5.41, 5.74) is 0.965. The Kier molecular flexibility index (Phi) is 1.97. The summed E-state index contributed by atoms with van der Waals surface area (Å²) in [6.45, 7) is 0. The third kappa shape index (κ3) is 1.26. The smallest absolute Gasteiger partial charge is 0.0736 e. The van der Waals surface area contributed by atoms with Crippen molar-refractivity contribution in [1.82, 2.24) is 10.2 Å². The Hall–Kier alpha value is -0.440. The topological polar surface area (TPSA) is 25.8 Å². The van der Waals surface area contributed by atoms with E-state index in [2.05, 4.69) is 26.1 Å². The fourth-order valence-electron chi connectivity index (χ4n) is 0.405. The second kappa shape index (κ2) is 2.77. The zero-order valence-corrected chi connectivity index (χ0v) is 5.80. The number of halogens is 1. The molecule has 0 aliphatic heterocycles. The van der Waals surface area contributed by atoms with Crippen LogP contribution in [0, 0.1) is 0 Å². The molecule has 0 aliphatic carbocycles. The van der Waals surface area contributed by atoms with Gasteiger partial charge in [-0.1, -0.05) is 15.9 Å². The molecule has 1 rings (SSSR count). The van der Waals surface area contributed by atoms with E-state index in [4.69, 9.17) is 0 Å². The number of hydrogen-bond donors (Lipinski definition) is 0. The molecule has 42 valence electrons. The summed E-state index contributed by atoms with van der Waals surface area (Å²) < 4.78 is 0. The van der Waals surface area contributed by atoms with Crippen LogP contribution in [-0.2, 0) is 5.33 Å². The maximum atomic E-state index is 3.80. The molecule has 0 saturated heterocycles. The van der Waals surface area contributed by atoms with Crippen molar-refractivity contribution >= 4 is 15.9 Å². The van der Waals surface area contributed by atoms with E-state index in [1.165, 1.54) is 0 Å². The van der Waals surface area contributed by atoms with Crippen molar-refractivity contribution in [3.8, 4) is 0 Å². The highest BCUT2D eigenvalue weighted by atomic mass is 79.9. The molecule has 1 heterocycles. The number of rotatable bonds is 1. The third-order valence-corrected chi connectivity index (χ3v) is 1.34. The van der Waals surface area contributed by atoms with Crippen molar-refractivity contribution in [2.24, 2.45) is 0 Å². The van der Waals surface area contributed by atoms with Crippen molar-refractivity contribution in [3.63, 3.8) is 0 Å². The predicted molar refractivity (Wildman–Crippen MR) is 34.7 cm³/mol. The summed E-state index contributed by atoms with van der Waals surface area (Å²) in [6.07, 6.45) is 1.66. The van der Waals surface area contributed by atoms with Gasteiger partial charge >= 0.3 is 0 Å². The molecule has 0 bridgehead atoms.